The molecule has 0 unspecified atom stereocenters. The third-order valence-electron chi connectivity index (χ3n) is 8.29. The van der Waals surface area contributed by atoms with Gasteiger partial charge in [0.1, 0.15) is 17.3 Å². The van der Waals surface area contributed by atoms with Crippen molar-refractivity contribution in [2.45, 2.75) is 65.2 Å². The van der Waals surface area contributed by atoms with Crippen LogP contribution in [0.25, 0.3) is 0 Å². The van der Waals surface area contributed by atoms with Gasteiger partial charge >= 0.3 is 0 Å². The summed E-state index contributed by atoms with van der Waals surface area (Å²) in [6.45, 7) is 4.07. The molecule has 0 aromatic carbocycles. The van der Waals surface area contributed by atoms with E-state index in [-0.39, 0.29) is 35.1 Å². The number of hydrogen-bond acceptors (Lipinski definition) is 4. The minimum atomic E-state index is -0.685. The lowest BCUT2D eigenvalue weighted by molar-refractivity contribution is -0.169. The highest BCUT2D eigenvalue weighted by atomic mass is 16.1. The summed E-state index contributed by atoms with van der Waals surface area (Å²) < 4.78 is 0. The molecule has 0 heterocycles. The van der Waals surface area contributed by atoms with Gasteiger partial charge in [-0.2, -0.15) is 5.26 Å². The van der Waals surface area contributed by atoms with E-state index in [1.54, 1.807) is 0 Å². The van der Waals surface area contributed by atoms with E-state index in [0.717, 1.165) is 12.8 Å². The highest BCUT2D eigenvalue weighted by molar-refractivity contribution is 5.95. The van der Waals surface area contributed by atoms with Gasteiger partial charge in [-0.25, -0.2) is 0 Å². The van der Waals surface area contributed by atoms with Gasteiger partial charge < -0.3 is 0 Å². The summed E-state index contributed by atoms with van der Waals surface area (Å²) in [5.74, 6) is 0.923. The van der Waals surface area contributed by atoms with Gasteiger partial charge in [0.2, 0.25) is 0 Å². The van der Waals surface area contributed by atoms with E-state index in [1.807, 2.05) is 6.92 Å². The van der Waals surface area contributed by atoms with Gasteiger partial charge in [-0.15, -0.1) is 0 Å². The Morgan fingerprint density at radius 3 is 2.50 bits per heavy atom. The average Bonchev–Trinajstić information content (AvgIpc) is 2.82. The Balaban J connectivity index is 1.79. The normalized spacial score (nSPS) is 50.7. The highest BCUT2D eigenvalue weighted by Gasteiger charge is 2.67. The fraction of sp³-hybridized carbons (Fsp3) is 0.800. The van der Waals surface area contributed by atoms with Crippen LogP contribution in [0.5, 0.6) is 0 Å². The van der Waals surface area contributed by atoms with E-state index in [4.69, 9.17) is 0 Å². The Kier molecular flexibility index (Phi) is 3.18. The predicted octanol–water partition coefficient (Wildman–Crippen LogP) is 3.24. The third kappa shape index (κ3) is 1.71. The van der Waals surface area contributed by atoms with Crippen LogP contribution in [0.3, 0.4) is 0 Å². The van der Waals surface area contributed by atoms with Crippen molar-refractivity contribution in [3.8, 4) is 6.07 Å². The lowest BCUT2D eigenvalue weighted by Gasteiger charge is -2.61. The fourth-order valence-corrected chi connectivity index (χ4v) is 6.88. The summed E-state index contributed by atoms with van der Waals surface area (Å²) in [6.07, 6.45) is 4.75. The van der Waals surface area contributed by atoms with Gasteiger partial charge in [-0.05, 0) is 42.9 Å². The third-order valence-corrected chi connectivity index (χ3v) is 8.29. The molecule has 0 aromatic heterocycles. The van der Waals surface area contributed by atoms with Crippen LogP contribution < -0.4 is 0 Å². The molecule has 24 heavy (non-hydrogen) atoms. The summed E-state index contributed by atoms with van der Waals surface area (Å²) in [6, 6.07) is 2.48. The Morgan fingerprint density at radius 2 is 1.79 bits per heavy atom. The molecule has 4 nitrogen and oxygen atoms in total. The maximum atomic E-state index is 13.2. The van der Waals surface area contributed by atoms with Gasteiger partial charge in [-0.1, -0.05) is 13.8 Å². The maximum Gasteiger partial charge on any atom is 0.139 e. The molecular formula is C20H25NO3. The van der Waals surface area contributed by atoms with Crippen molar-refractivity contribution in [1.29, 1.82) is 5.26 Å². The van der Waals surface area contributed by atoms with Crippen molar-refractivity contribution in [1.82, 2.24) is 0 Å². The van der Waals surface area contributed by atoms with Gasteiger partial charge in [-0.3, -0.25) is 14.4 Å². The molecule has 0 radical (unpaired) electrons. The molecule has 0 amide bonds. The van der Waals surface area contributed by atoms with Crippen LogP contribution in [0, 0.1) is 45.3 Å². The van der Waals surface area contributed by atoms with Crippen LogP contribution in [0.15, 0.2) is 0 Å². The van der Waals surface area contributed by atoms with Crippen molar-refractivity contribution < 1.29 is 14.4 Å². The molecule has 6 atom stereocenters. The molecule has 4 rings (SSSR count). The zero-order valence-corrected chi connectivity index (χ0v) is 14.6. The summed E-state index contributed by atoms with van der Waals surface area (Å²) in [5, 5.41) is 9.95. The average molecular weight is 327 g/mol. The molecule has 128 valence electrons. The van der Waals surface area contributed by atoms with E-state index < -0.39 is 16.2 Å². The fourth-order valence-electron chi connectivity index (χ4n) is 6.88. The van der Waals surface area contributed by atoms with Crippen LogP contribution in [0.4, 0.5) is 0 Å². The second-order valence-corrected chi connectivity index (χ2v) is 9.14. The van der Waals surface area contributed by atoms with Gasteiger partial charge in [0.25, 0.3) is 0 Å². The number of rotatable bonds is 0. The number of carbonyl (C=O) groups is 3. The molecule has 4 aliphatic rings. The standard InChI is InChI=1S/C20H25NO3/c1-18-10-15(23)17-13(14(18)3-4-16(18)24)6-8-20(11-21)9-12(22)5-7-19(17,20)2/h13-14,17H,3-10H2,1-2H3/t13-,14-,17+,18-,19+,20-/m0/s1. The Hall–Kier alpha value is -1.50. The van der Waals surface area contributed by atoms with Crippen molar-refractivity contribution in [3.05, 3.63) is 0 Å². The number of ketones is 3. The Labute approximate surface area is 143 Å². The summed E-state index contributed by atoms with van der Waals surface area (Å²) in [7, 11) is 0. The Morgan fingerprint density at radius 1 is 1.04 bits per heavy atom. The summed E-state index contributed by atoms with van der Waals surface area (Å²) in [5.41, 5.74) is -1.58. The van der Waals surface area contributed by atoms with E-state index in [2.05, 4.69) is 13.0 Å². The zero-order valence-electron chi connectivity index (χ0n) is 14.6. The Bertz CT molecular complexity index is 691. The molecule has 0 bridgehead atoms. The minimum Gasteiger partial charge on any atom is -0.300 e. The molecule has 0 aromatic rings. The van der Waals surface area contributed by atoms with Crippen molar-refractivity contribution >= 4 is 17.3 Å². The first-order valence-corrected chi connectivity index (χ1v) is 9.26. The van der Waals surface area contributed by atoms with Gasteiger partial charge in [0.05, 0.1) is 11.5 Å². The molecule has 0 spiro atoms. The van der Waals surface area contributed by atoms with Gasteiger partial charge in [0.15, 0.2) is 0 Å². The van der Waals surface area contributed by atoms with Gasteiger partial charge in [0, 0.05) is 37.0 Å². The zero-order chi connectivity index (χ0) is 17.3. The van der Waals surface area contributed by atoms with Crippen molar-refractivity contribution in [2.24, 2.45) is 34.0 Å². The molecule has 0 N–H and O–H groups in total. The van der Waals surface area contributed by atoms with E-state index in [9.17, 15) is 19.6 Å². The first-order valence-electron chi connectivity index (χ1n) is 9.26. The quantitative estimate of drug-likeness (QED) is 0.684. The predicted molar refractivity (Wildman–Crippen MR) is 86.7 cm³/mol. The van der Waals surface area contributed by atoms with E-state index in [1.165, 1.54) is 0 Å². The lowest BCUT2D eigenvalue weighted by atomic mass is 9.40. The van der Waals surface area contributed by atoms with Crippen LogP contribution in [-0.4, -0.2) is 17.3 Å². The topological polar surface area (TPSA) is 75.0 Å². The molecule has 4 fully saturated rings. The molecule has 4 heteroatoms. The first-order chi connectivity index (χ1) is 11.3. The number of nitriles is 1. The molecule has 0 aliphatic heterocycles. The van der Waals surface area contributed by atoms with Crippen LogP contribution in [-0.2, 0) is 14.4 Å². The first kappa shape index (κ1) is 16.0. The summed E-state index contributed by atoms with van der Waals surface area (Å²) >= 11 is 0. The minimum absolute atomic E-state index is 0.150. The SMILES string of the molecule is C[C@]12CC(=O)[C@H]3[C@@H](CC[C@@]4(C#N)CC(=O)CC[C@]34C)[C@@H]1CCC2=O. The highest BCUT2D eigenvalue weighted by Crippen LogP contribution is 2.67. The monoisotopic (exact) mass is 327 g/mol. The molecular weight excluding hydrogens is 302 g/mol. The smallest absolute Gasteiger partial charge is 0.139 e. The second-order valence-electron chi connectivity index (χ2n) is 9.14. The van der Waals surface area contributed by atoms with Crippen LogP contribution in [0.1, 0.15) is 65.2 Å². The molecule has 4 saturated carbocycles. The van der Waals surface area contributed by atoms with Crippen LogP contribution in [0.2, 0.25) is 0 Å². The second kappa shape index (κ2) is 4.77. The van der Waals surface area contributed by atoms with Crippen LogP contribution >= 0.6 is 0 Å². The van der Waals surface area contributed by atoms with E-state index in [0.29, 0.717) is 38.5 Å². The number of fused-ring (bicyclic) bond motifs is 5. The number of Topliss-reactive ketones (excluding diaryl/α,β-unsaturated/α-hetero) is 3. The van der Waals surface area contributed by atoms with E-state index >= 15 is 0 Å². The summed E-state index contributed by atoms with van der Waals surface area (Å²) in [4.78, 5) is 37.7. The number of hydrogen-bond donors (Lipinski definition) is 0. The molecule has 4 aliphatic carbocycles. The maximum absolute atomic E-state index is 13.2. The lowest BCUT2D eigenvalue weighted by Crippen LogP contribution is -2.61. The van der Waals surface area contributed by atoms with Crippen molar-refractivity contribution in [3.63, 3.8) is 0 Å². The number of carbonyl (C=O) groups excluding carboxylic acids is 3. The number of nitrogens with zero attached hydrogens (tertiary/aromatic N) is 1. The molecule has 0 saturated heterocycles. The van der Waals surface area contributed by atoms with Crippen molar-refractivity contribution in [2.75, 3.05) is 0 Å². The largest absolute Gasteiger partial charge is 0.300 e.